The number of ether oxygens (including phenoxy) is 3. The Morgan fingerprint density at radius 3 is 2.48 bits per heavy atom. The van der Waals surface area contributed by atoms with Crippen LogP contribution in [0.15, 0.2) is 51.8 Å². The third-order valence-corrected chi connectivity index (χ3v) is 7.59. The largest absolute Gasteiger partial charge is 0.497 e. The number of halogens is 1. The van der Waals surface area contributed by atoms with E-state index < -0.39 is 21.8 Å². The van der Waals surface area contributed by atoms with Gasteiger partial charge in [-0.2, -0.15) is 8.42 Å². The van der Waals surface area contributed by atoms with Crippen LogP contribution in [0.2, 0.25) is 0 Å². The number of rotatable bonds is 7. The second-order valence-corrected chi connectivity index (χ2v) is 10.0. The van der Waals surface area contributed by atoms with E-state index >= 15 is 0 Å². The molecule has 0 radical (unpaired) electrons. The minimum Gasteiger partial charge on any atom is -0.497 e. The van der Waals surface area contributed by atoms with Crippen LogP contribution in [-0.2, 0) is 23.8 Å². The summed E-state index contributed by atoms with van der Waals surface area (Å²) in [5.41, 5.74) is 1.43. The Bertz CT molecular complexity index is 1000. The third kappa shape index (κ3) is 3.96. The maximum Gasteiger partial charge on any atom is 0.296 e. The van der Waals surface area contributed by atoms with Gasteiger partial charge < -0.3 is 14.2 Å². The minimum atomic E-state index is -3.88. The molecule has 0 unspecified atom stereocenters. The third-order valence-electron chi connectivity index (χ3n) is 5.59. The monoisotopic (exact) mass is 482 g/mol. The van der Waals surface area contributed by atoms with Crippen LogP contribution in [0.3, 0.4) is 0 Å². The zero-order chi connectivity index (χ0) is 20.8. The molecule has 2 atom stereocenters. The van der Waals surface area contributed by atoms with Gasteiger partial charge in [0.2, 0.25) is 0 Å². The molecule has 156 valence electrons. The molecule has 0 spiro atoms. The van der Waals surface area contributed by atoms with Gasteiger partial charge in [0.25, 0.3) is 10.1 Å². The van der Waals surface area contributed by atoms with E-state index in [-0.39, 0.29) is 23.7 Å². The van der Waals surface area contributed by atoms with Crippen LogP contribution in [0, 0.1) is 12.3 Å². The standard InChI is InChI=1S/C21H23BrO6S/c1-13-4-7-16(8-5-13)29(23,24)26-12-21(20-27-14(2)28-20)11-18(21)17-10-15(25-3)6-9-19(17)22/h4-10,14,18,20H,11-12H2,1-3H3/t14?,18-,20?,21-/m0/s1. The predicted octanol–water partition coefficient (Wildman–Crippen LogP) is 4.36. The van der Waals surface area contributed by atoms with Gasteiger partial charge in [0, 0.05) is 4.47 Å². The fourth-order valence-electron chi connectivity index (χ4n) is 3.73. The molecule has 6 nitrogen and oxygen atoms in total. The Morgan fingerprint density at radius 2 is 1.86 bits per heavy atom. The van der Waals surface area contributed by atoms with E-state index in [0.717, 1.165) is 21.3 Å². The van der Waals surface area contributed by atoms with Crippen molar-refractivity contribution in [2.45, 2.75) is 43.7 Å². The molecule has 1 saturated heterocycles. The number of aryl methyl sites for hydroxylation is 1. The Hall–Kier alpha value is -1.45. The van der Waals surface area contributed by atoms with Crippen molar-refractivity contribution in [3.8, 4) is 5.75 Å². The fraction of sp³-hybridized carbons (Fsp3) is 0.429. The first kappa shape index (κ1) is 20.8. The summed E-state index contributed by atoms with van der Waals surface area (Å²) in [5.74, 6) is 0.763. The van der Waals surface area contributed by atoms with Crippen LogP contribution in [0.5, 0.6) is 5.75 Å². The second kappa shape index (κ2) is 7.67. The van der Waals surface area contributed by atoms with E-state index in [1.54, 1.807) is 31.4 Å². The molecule has 2 aliphatic rings. The molecule has 1 aliphatic carbocycles. The summed E-state index contributed by atoms with van der Waals surface area (Å²) >= 11 is 3.59. The maximum atomic E-state index is 12.7. The van der Waals surface area contributed by atoms with E-state index in [1.165, 1.54) is 0 Å². The van der Waals surface area contributed by atoms with Gasteiger partial charge in [0.05, 0.1) is 24.0 Å². The molecule has 2 aromatic rings. The zero-order valence-electron chi connectivity index (χ0n) is 16.4. The van der Waals surface area contributed by atoms with Crippen molar-refractivity contribution in [1.82, 2.24) is 0 Å². The molecule has 2 fully saturated rings. The molecule has 2 aromatic carbocycles. The van der Waals surface area contributed by atoms with E-state index in [0.29, 0.717) is 6.42 Å². The van der Waals surface area contributed by atoms with Gasteiger partial charge in [-0.1, -0.05) is 33.6 Å². The molecule has 1 aliphatic heterocycles. The lowest BCUT2D eigenvalue weighted by molar-refractivity contribution is -0.399. The molecule has 0 amide bonds. The Balaban J connectivity index is 1.57. The number of benzene rings is 2. The van der Waals surface area contributed by atoms with Crippen molar-refractivity contribution in [1.29, 1.82) is 0 Å². The van der Waals surface area contributed by atoms with Gasteiger partial charge in [-0.15, -0.1) is 0 Å². The number of hydrogen-bond acceptors (Lipinski definition) is 6. The summed E-state index contributed by atoms with van der Waals surface area (Å²) in [7, 11) is -2.26. The van der Waals surface area contributed by atoms with Crippen molar-refractivity contribution in [2.75, 3.05) is 13.7 Å². The van der Waals surface area contributed by atoms with E-state index in [2.05, 4.69) is 15.9 Å². The summed E-state index contributed by atoms with van der Waals surface area (Å²) < 4.78 is 48.7. The van der Waals surface area contributed by atoms with Crippen LogP contribution in [0.25, 0.3) is 0 Å². The second-order valence-electron chi connectivity index (χ2n) is 7.58. The van der Waals surface area contributed by atoms with E-state index in [9.17, 15) is 8.42 Å². The molecular formula is C21H23BrO6S. The summed E-state index contributed by atoms with van der Waals surface area (Å²) in [6.07, 6.45) is -0.117. The predicted molar refractivity (Wildman–Crippen MR) is 110 cm³/mol. The van der Waals surface area contributed by atoms with Gasteiger partial charge in [-0.05, 0) is 62.1 Å². The molecule has 0 N–H and O–H groups in total. The smallest absolute Gasteiger partial charge is 0.296 e. The Kier molecular flexibility index (Phi) is 5.50. The highest BCUT2D eigenvalue weighted by molar-refractivity contribution is 9.10. The summed E-state index contributed by atoms with van der Waals surface area (Å²) in [4.78, 5) is 0.141. The molecular weight excluding hydrogens is 460 g/mol. The minimum absolute atomic E-state index is 0.0189. The van der Waals surface area contributed by atoms with E-state index in [1.807, 2.05) is 32.0 Å². The maximum absolute atomic E-state index is 12.7. The van der Waals surface area contributed by atoms with Gasteiger partial charge in [-0.3, -0.25) is 4.18 Å². The molecule has 4 rings (SSSR count). The molecule has 0 aromatic heterocycles. The number of methoxy groups -OCH3 is 1. The van der Waals surface area contributed by atoms with Gasteiger partial charge >= 0.3 is 0 Å². The first-order chi connectivity index (χ1) is 13.7. The highest BCUT2D eigenvalue weighted by atomic mass is 79.9. The van der Waals surface area contributed by atoms with E-state index in [4.69, 9.17) is 18.4 Å². The first-order valence-electron chi connectivity index (χ1n) is 9.36. The van der Waals surface area contributed by atoms with Gasteiger partial charge in [0.15, 0.2) is 12.6 Å². The lowest BCUT2D eigenvalue weighted by atomic mass is 9.98. The average Bonchev–Trinajstić information content (AvgIpc) is 3.40. The van der Waals surface area contributed by atoms with Crippen molar-refractivity contribution >= 4 is 26.0 Å². The summed E-state index contributed by atoms with van der Waals surface area (Å²) in [6, 6.07) is 12.4. The lowest BCUT2D eigenvalue weighted by Crippen LogP contribution is -2.47. The first-order valence-corrected chi connectivity index (χ1v) is 11.6. The van der Waals surface area contributed by atoms with Crippen molar-refractivity contribution in [3.05, 3.63) is 58.1 Å². The number of hydrogen-bond donors (Lipinski definition) is 0. The zero-order valence-corrected chi connectivity index (χ0v) is 18.8. The average molecular weight is 483 g/mol. The van der Waals surface area contributed by atoms with Crippen LogP contribution < -0.4 is 4.74 Å². The quantitative estimate of drug-likeness (QED) is 0.545. The van der Waals surface area contributed by atoms with Crippen molar-refractivity contribution < 1.29 is 26.8 Å². The molecule has 1 heterocycles. The van der Waals surface area contributed by atoms with Crippen LogP contribution >= 0.6 is 15.9 Å². The van der Waals surface area contributed by atoms with Gasteiger partial charge in [0.1, 0.15) is 5.75 Å². The van der Waals surface area contributed by atoms with Gasteiger partial charge in [-0.25, -0.2) is 0 Å². The SMILES string of the molecule is COc1ccc(Br)c([C@@H]2C[C@@]2(COS(=O)(=O)c2ccc(C)cc2)C2OC(C)O2)c1. The van der Waals surface area contributed by atoms with Crippen LogP contribution in [0.4, 0.5) is 0 Å². The highest BCUT2D eigenvalue weighted by Gasteiger charge is 2.65. The topological polar surface area (TPSA) is 71.1 Å². The van der Waals surface area contributed by atoms with Crippen LogP contribution in [0.1, 0.15) is 30.4 Å². The van der Waals surface area contributed by atoms with Crippen molar-refractivity contribution in [2.24, 2.45) is 5.41 Å². The summed E-state index contributed by atoms with van der Waals surface area (Å²) in [5, 5.41) is 0. The lowest BCUT2D eigenvalue weighted by Gasteiger charge is -2.40. The van der Waals surface area contributed by atoms with Crippen molar-refractivity contribution in [3.63, 3.8) is 0 Å². The molecule has 29 heavy (non-hydrogen) atoms. The Labute approximate surface area is 179 Å². The Morgan fingerprint density at radius 1 is 1.17 bits per heavy atom. The molecule has 1 saturated carbocycles. The van der Waals surface area contributed by atoms with Crippen LogP contribution in [-0.4, -0.2) is 34.7 Å². The molecule has 8 heteroatoms. The highest BCUT2D eigenvalue weighted by Crippen LogP contribution is 2.65. The fourth-order valence-corrected chi connectivity index (χ4v) is 5.24. The summed E-state index contributed by atoms with van der Waals surface area (Å²) in [6.45, 7) is 3.70. The molecule has 0 bridgehead atoms. The normalized spacial score (nSPS) is 28.6.